The van der Waals surface area contributed by atoms with Gasteiger partial charge in [-0.15, -0.1) is 0 Å². The van der Waals surface area contributed by atoms with Gasteiger partial charge in [0, 0.05) is 23.4 Å². The highest BCUT2D eigenvalue weighted by Crippen LogP contribution is 2.37. The molecule has 1 aliphatic carbocycles. The van der Waals surface area contributed by atoms with E-state index in [0.717, 1.165) is 41.8 Å². The van der Waals surface area contributed by atoms with Crippen molar-refractivity contribution in [3.05, 3.63) is 71.8 Å². The van der Waals surface area contributed by atoms with Crippen LogP contribution in [0.4, 0.5) is 0 Å². The number of hydrogen-bond donors (Lipinski definition) is 2. The molecule has 0 aromatic heterocycles. The third-order valence-electron chi connectivity index (χ3n) is 6.10. The lowest BCUT2D eigenvalue weighted by Gasteiger charge is -2.25. The first-order valence-electron chi connectivity index (χ1n) is 11.1. The second-order valence-corrected chi connectivity index (χ2v) is 12.9. The van der Waals surface area contributed by atoms with Crippen LogP contribution in [0.15, 0.2) is 71.8 Å². The Kier molecular flexibility index (Phi) is 7.29. The second kappa shape index (κ2) is 9.41. The van der Waals surface area contributed by atoms with E-state index in [9.17, 15) is 25.9 Å². The molecule has 2 N–H and O–H groups in total. The zero-order valence-electron chi connectivity index (χ0n) is 20.0. The molecule has 10 heteroatoms. The lowest BCUT2D eigenvalue weighted by Crippen LogP contribution is -2.26. The van der Waals surface area contributed by atoms with Gasteiger partial charge in [-0.25, -0.2) is 0 Å². The van der Waals surface area contributed by atoms with Crippen molar-refractivity contribution in [1.82, 2.24) is 4.90 Å². The van der Waals surface area contributed by atoms with E-state index in [1.54, 1.807) is 12.4 Å². The van der Waals surface area contributed by atoms with Crippen LogP contribution in [0.1, 0.15) is 47.0 Å². The molecule has 0 aromatic carbocycles. The Balaban J connectivity index is 1.86. The topological polar surface area (TPSA) is 115 Å². The summed E-state index contributed by atoms with van der Waals surface area (Å²) in [4.78, 5) is 1.54. The molecule has 2 aliphatic heterocycles. The molecule has 8 nitrogen and oxygen atoms in total. The van der Waals surface area contributed by atoms with E-state index in [1.165, 1.54) is 9.48 Å². The fourth-order valence-corrected chi connectivity index (χ4v) is 5.49. The van der Waals surface area contributed by atoms with Crippen molar-refractivity contribution in [3.8, 4) is 0 Å². The zero-order chi connectivity index (χ0) is 25.4. The lowest BCUT2D eigenvalue weighted by molar-refractivity contribution is -0.433. The summed E-state index contributed by atoms with van der Waals surface area (Å²) < 4.78 is 65.6. The van der Waals surface area contributed by atoms with Crippen molar-refractivity contribution in [3.63, 3.8) is 0 Å². The van der Waals surface area contributed by atoms with Gasteiger partial charge in [-0.1, -0.05) is 38.2 Å². The van der Waals surface area contributed by atoms with Gasteiger partial charge in [0.05, 0.1) is 5.41 Å². The smallest absolute Gasteiger partial charge is 0.326 e. The Morgan fingerprint density at radius 3 is 2.32 bits per heavy atom. The normalized spacial score (nSPS) is 24.8. The summed E-state index contributed by atoms with van der Waals surface area (Å²) in [6.45, 7) is 7.93. The van der Waals surface area contributed by atoms with Crippen molar-refractivity contribution in [2.45, 2.75) is 47.0 Å². The molecule has 0 bridgehead atoms. The second-order valence-electron chi connectivity index (χ2n) is 10.0. The van der Waals surface area contributed by atoms with E-state index in [2.05, 4.69) is 6.08 Å². The fraction of sp³-hybridized carbons (Fsp3) is 0.458. The van der Waals surface area contributed by atoms with Gasteiger partial charge in [-0.2, -0.15) is 21.4 Å². The molecule has 3 aliphatic rings. The van der Waals surface area contributed by atoms with Crippen molar-refractivity contribution < 1.29 is 30.5 Å². The first kappa shape index (κ1) is 26.3. The van der Waals surface area contributed by atoms with Crippen molar-refractivity contribution in [2.24, 2.45) is 10.8 Å². The largest absolute Gasteiger partial charge is 0.334 e. The maximum absolute atomic E-state index is 11.4. The van der Waals surface area contributed by atoms with Gasteiger partial charge >= 0.3 is 10.1 Å². The van der Waals surface area contributed by atoms with Crippen molar-refractivity contribution in [1.29, 1.82) is 0 Å². The molecule has 0 fully saturated rings. The highest BCUT2D eigenvalue weighted by Gasteiger charge is 2.36. The quantitative estimate of drug-likeness (QED) is 0.393. The van der Waals surface area contributed by atoms with Crippen molar-refractivity contribution >= 4 is 25.9 Å². The maximum Gasteiger partial charge on any atom is 0.326 e. The molecule has 0 spiro atoms. The molecule has 186 valence electrons. The summed E-state index contributed by atoms with van der Waals surface area (Å²) in [6, 6.07) is 0. The summed E-state index contributed by atoms with van der Waals surface area (Å²) in [5.74, 6) is -0.984. The van der Waals surface area contributed by atoms with Gasteiger partial charge < -0.3 is 4.90 Å². The first-order chi connectivity index (χ1) is 15.6. The van der Waals surface area contributed by atoms with E-state index < -0.39 is 32.0 Å². The highest BCUT2D eigenvalue weighted by atomic mass is 32.2. The summed E-state index contributed by atoms with van der Waals surface area (Å²) in [5.41, 5.74) is 3.02. The van der Waals surface area contributed by atoms with Crippen LogP contribution in [-0.4, -0.2) is 52.9 Å². The number of nitrogens with zero attached hydrogens (tertiary/aromatic N) is 2. The van der Waals surface area contributed by atoms with Gasteiger partial charge in [0.25, 0.3) is 16.0 Å². The molecular formula is C24H33N2O6S2+. The number of hydrogen-bond acceptors (Lipinski definition) is 5. The van der Waals surface area contributed by atoms with Crippen LogP contribution in [0.25, 0.3) is 0 Å². The van der Waals surface area contributed by atoms with Gasteiger partial charge in [0.1, 0.15) is 5.88 Å². The minimum atomic E-state index is -4.16. The van der Waals surface area contributed by atoms with Gasteiger partial charge in [0.15, 0.2) is 11.9 Å². The third kappa shape index (κ3) is 6.88. The molecule has 2 heterocycles. The minimum Gasteiger partial charge on any atom is -0.334 e. The monoisotopic (exact) mass is 509 g/mol. The Morgan fingerprint density at radius 1 is 0.971 bits per heavy atom. The minimum absolute atomic E-state index is 0.364. The van der Waals surface area contributed by atoms with E-state index in [1.807, 2.05) is 64.2 Å². The number of rotatable bonds is 7. The fourth-order valence-electron chi connectivity index (χ4n) is 4.34. The average Bonchev–Trinajstić information content (AvgIpc) is 3.11. The predicted molar refractivity (Wildman–Crippen MR) is 133 cm³/mol. The summed E-state index contributed by atoms with van der Waals surface area (Å²) in [5, 5.41) is 0. The van der Waals surface area contributed by atoms with Crippen LogP contribution in [0, 0.1) is 10.8 Å². The maximum atomic E-state index is 11.4. The molecule has 0 saturated heterocycles. The predicted octanol–water partition coefficient (Wildman–Crippen LogP) is 4.02. The molecule has 0 radical (unpaired) electrons. The Labute approximate surface area is 202 Å². The Bertz CT molecular complexity index is 1270. The molecular weight excluding hydrogens is 476 g/mol. The lowest BCUT2D eigenvalue weighted by atomic mass is 9.87. The van der Waals surface area contributed by atoms with Crippen LogP contribution in [0.3, 0.4) is 0 Å². The molecule has 0 unspecified atom stereocenters. The van der Waals surface area contributed by atoms with Crippen LogP contribution in [-0.2, 0) is 20.2 Å². The Hall–Kier alpha value is -2.27. The van der Waals surface area contributed by atoms with E-state index in [-0.39, 0.29) is 10.8 Å². The Morgan fingerprint density at radius 2 is 1.68 bits per heavy atom. The summed E-state index contributed by atoms with van der Waals surface area (Å²) in [7, 11) is -8.31. The molecule has 34 heavy (non-hydrogen) atoms. The van der Waals surface area contributed by atoms with E-state index in [0.29, 0.717) is 0 Å². The molecule has 0 amide bonds. The zero-order valence-corrected chi connectivity index (χ0v) is 21.6. The van der Waals surface area contributed by atoms with E-state index >= 15 is 0 Å². The molecule has 0 aromatic rings. The van der Waals surface area contributed by atoms with Gasteiger partial charge in [-0.3, -0.25) is 9.11 Å². The SMILES string of the molecule is CC1(C)C=C[N+](CS(=O)(=O)O)=C1/C=C/C1=CC(=C/C=C2\N(CS(=O)(=O)O)C=CC2(C)C)/CCC1. The van der Waals surface area contributed by atoms with Crippen molar-refractivity contribution in [2.75, 3.05) is 11.8 Å². The average molecular weight is 510 g/mol. The van der Waals surface area contributed by atoms with Crippen LogP contribution in [0.5, 0.6) is 0 Å². The van der Waals surface area contributed by atoms with Gasteiger partial charge in [0.2, 0.25) is 0 Å². The third-order valence-corrected chi connectivity index (χ3v) is 7.31. The van der Waals surface area contributed by atoms with Crippen LogP contribution < -0.4 is 0 Å². The van der Waals surface area contributed by atoms with Gasteiger partial charge in [-0.05, 0) is 56.4 Å². The van der Waals surface area contributed by atoms with Crippen LogP contribution >= 0.6 is 0 Å². The molecule has 0 atom stereocenters. The summed E-state index contributed by atoms with van der Waals surface area (Å²) >= 11 is 0. The van der Waals surface area contributed by atoms with Crippen LogP contribution in [0.2, 0.25) is 0 Å². The number of allylic oxidation sites excluding steroid dienone is 9. The van der Waals surface area contributed by atoms with E-state index in [4.69, 9.17) is 0 Å². The highest BCUT2D eigenvalue weighted by molar-refractivity contribution is 7.85. The standard InChI is InChI=1S/C24H32N2O6S2/c1-23(2)12-14-25(17-33(27,28)29)21(23)10-8-19-6-5-7-20(16-19)9-11-22-24(3,4)13-15-26(22)18-34(30,31)32/h8-16H,5-7,17-18H2,1-4H3,(H-,27,28,29,30,31,32)/p+1. The first-order valence-corrected chi connectivity index (χ1v) is 14.3. The summed E-state index contributed by atoms with van der Waals surface area (Å²) in [6.07, 6.45) is 19.7. The molecule has 3 rings (SSSR count). The molecule has 0 saturated carbocycles.